The number of aliphatic hydroxyl groups excluding tert-OH is 1. The molecule has 5 atom stereocenters. The Morgan fingerprint density at radius 1 is 1.06 bits per heavy atom. The molecule has 18 heavy (non-hydrogen) atoms. The molecule has 3 aliphatic heterocycles. The van der Waals surface area contributed by atoms with Crippen molar-refractivity contribution in [1.29, 1.82) is 0 Å². The molecule has 1 N–H and O–H groups in total. The minimum absolute atomic E-state index is 0.356. The summed E-state index contributed by atoms with van der Waals surface area (Å²) >= 11 is 0. The van der Waals surface area contributed by atoms with Gasteiger partial charge in [0.1, 0.15) is 0 Å². The summed E-state index contributed by atoms with van der Waals surface area (Å²) in [7, 11) is 0. The topological polar surface area (TPSA) is 32.7 Å². The van der Waals surface area contributed by atoms with E-state index in [1.165, 1.54) is 58.0 Å². The lowest BCUT2D eigenvalue weighted by Crippen LogP contribution is -2.66. The van der Waals surface area contributed by atoms with Crippen LogP contribution in [-0.4, -0.2) is 41.5 Å². The minimum atomic E-state index is -0.487. The van der Waals surface area contributed by atoms with Crippen LogP contribution in [0.2, 0.25) is 0 Å². The van der Waals surface area contributed by atoms with Crippen LogP contribution in [0.5, 0.6) is 0 Å². The number of piperidine rings is 2. The van der Waals surface area contributed by atoms with E-state index in [1.54, 1.807) is 0 Å². The van der Waals surface area contributed by atoms with Crippen molar-refractivity contribution in [3.63, 3.8) is 0 Å². The van der Waals surface area contributed by atoms with Crippen molar-refractivity contribution in [3.8, 4) is 0 Å². The standard InChI is InChI=1S/C15H25NO2/c17-13-6-8-15-7-3-4-11(14(15)18-13)12-5-1-2-9-16(12)10-15/h11-14,17H,1-10H2/t11-,12+,13-,14?,15-/m0/s1. The summed E-state index contributed by atoms with van der Waals surface area (Å²) < 4.78 is 6.03. The lowest BCUT2D eigenvalue weighted by atomic mass is 9.58. The van der Waals surface area contributed by atoms with Gasteiger partial charge in [-0.3, -0.25) is 4.90 Å². The Hall–Kier alpha value is -0.120. The number of nitrogens with zero attached hydrogens (tertiary/aromatic N) is 1. The fourth-order valence-electron chi connectivity index (χ4n) is 5.34. The van der Waals surface area contributed by atoms with E-state index in [4.69, 9.17) is 4.74 Å². The molecule has 3 nitrogen and oxygen atoms in total. The molecule has 1 unspecified atom stereocenters. The molecule has 0 aromatic carbocycles. The third kappa shape index (κ3) is 1.60. The first-order valence-electron chi connectivity index (χ1n) is 7.86. The van der Waals surface area contributed by atoms with Crippen LogP contribution in [0.1, 0.15) is 51.4 Å². The quantitative estimate of drug-likeness (QED) is 0.716. The zero-order valence-corrected chi connectivity index (χ0v) is 11.2. The number of fused-ring (bicyclic) bond motifs is 2. The van der Waals surface area contributed by atoms with Gasteiger partial charge >= 0.3 is 0 Å². The predicted molar refractivity (Wildman–Crippen MR) is 69.1 cm³/mol. The molecule has 2 bridgehead atoms. The van der Waals surface area contributed by atoms with Gasteiger partial charge in [0.05, 0.1) is 6.10 Å². The van der Waals surface area contributed by atoms with Crippen LogP contribution in [0.4, 0.5) is 0 Å². The van der Waals surface area contributed by atoms with Crippen LogP contribution in [0.3, 0.4) is 0 Å². The monoisotopic (exact) mass is 251 g/mol. The average Bonchev–Trinajstić information content (AvgIpc) is 2.38. The third-order valence-electron chi connectivity index (χ3n) is 6.07. The smallest absolute Gasteiger partial charge is 0.154 e. The van der Waals surface area contributed by atoms with E-state index in [0.29, 0.717) is 17.4 Å². The van der Waals surface area contributed by atoms with Gasteiger partial charge in [-0.2, -0.15) is 0 Å². The van der Waals surface area contributed by atoms with E-state index in [2.05, 4.69) is 4.90 Å². The Morgan fingerprint density at radius 3 is 2.94 bits per heavy atom. The Bertz CT molecular complexity index is 334. The lowest BCUT2D eigenvalue weighted by Gasteiger charge is -2.61. The van der Waals surface area contributed by atoms with E-state index in [9.17, 15) is 5.11 Å². The van der Waals surface area contributed by atoms with E-state index >= 15 is 0 Å². The molecule has 1 aliphatic carbocycles. The van der Waals surface area contributed by atoms with Gasteiger partial charge in [0.2, 0.25) is 0 Å². The highest BCUT2D eigenvalue weighted by atomic mass is 16.6. The Morgan fingerprint density at radius 2 is 2.00 bits per heavy atom. The maximum Gasteiger partial charge on any atom is 0.154 e. The van der Waals surface area contributed by atoms with Crippen molar-refractivity contribution in [2.24, 2.45) is 11.3 Å². The number of ether oxygens (including phenoxy) is 1. The van der Waals surface area contributed by atoms with Gasteiger partial charge in [0.25, 0.3) is 0 Å². The summed E-state index contributed by atoms with van der Waals surface area (Å²) in [5, 5.41) is 9.86. The van der Waals surface area contributed by atoms with E-state index in [-0.39, 0.29) is 0 Å². The van der Waals surface area contributed by atoms with Gasteiger partial charge in [-0.05, 0) is 45.1 Å². The molecule has 0 aromatic heterocycles. The molecule has 4 aliphatic rings. The van der Waals surface area contributed by atoms with Crippen LogP contribution in [0.15, 0.2) is 0 Å². The summed E-state index contributed by atoms with van der Waals surface area (Å²) in [5.74, 6) is 0.697. The minimum Gasteiger partial charge on any atom is -0.368 e. The van der Waals surface area contributed by atoms with Gasteiger partial charge in [-0.15, -0.1) is 0 Å². The molecular weight excluding hydrogens is 226 g/mol. The molecule has 0 amide bonds. The second-order valence-corrected chi connectivity index (χ2v) is 7.00. The molecule has 0 radical (unpaired) electrons. The predicted octanol–water partition coefficient (Wildman–Crippen LogP) is 2.14. The first-order chi connectivity index (χ1) is 8.78. The molecule has 3 heteroatoms. The fourth-order valence-corrected chi connectivity index (χ4v) is 5.34. The SMILES string of the molecule is O[C@@H]1CC[C@]23CCC[C@H](C2O1)[C@H]1CCCCN1C3. The summed E-state index contributed by atoms with van der Waals surface area (Å²) in [6, 6.07) is 0.752. The maximum absolute atomic E-state index is 9.86. The summed E-state index contributed by atoms with van der Waals surface area (Å²) in [4.78, 5) is 2.77. The van der Waals surface area contributed by atoms with E-state index in [0.717, 1.165) is 12.5 Å². The Balaban J connectivity index is 1.67. The Kier molecular flexibility index (Phi) is 2.72. The van der Waals surface area contributed by atoms with Gasteiger partial charge in [-0.1, -0.05) is 12.8 Å². The second-order valence-electron chi connectivity index (χ2n) is 7.00. The van der Waals surface area contributed by atoms with Crippen molar-refractivity contribution in [3.05, 3.63) is 0 Å². The van der Waals surface area contributed by atoms with Crippen molar-refractivity contribution in [2.75, 3.05) is 13.1 Å². The molecule has 3 heterocycles. The van der Waals surface area contributed by atoms with Crippen LogP contribution < -0.4 is 0 Å². The molecule has 0 spiro atoms. The fraction of sp³-hybridized carbons (Fsp3) is 1.00. The van der Waals surface area contributed by atoms with Gasteiger partial charge in [0.15, 0.2) is 6.29 Å². The highest BCUT2D eigenvalue weighted by Crippen LogP contribution is 2.54. The lowest BCUT2D eigenvalue weighted by molar-refractivity contribution is -0.269. The van der Waals surface area contributed by atoms with Crippen molar-refractivity contribution < 1.29 is 9.84 Å². The number of hydrogen-bond donors (Lipinski definition) is 1. The van der Waals surface area contributed by atoms with Crippen LogP contribution in [-0.2, 0) is 4.74 Å². The van der Waals surface area contributed by atoms with Crippen LogP contribution >= 0.6 is 0 Å². The molecule has 102 valence electrons. The molecule has 4 rings (SSSR count). The average molecular weight is 251 g/mol. The van der Waals surface area contributed by atoms with Crippen LogP contribution in [0, 0.1) is 11.3 Å². The maximum atomic E-state index is 9.86. The van der Waals surface area contributed by atoms with Gasteiger partial charge in [-0.25, -0.2) is 0 Å². The molecule has 3 saturated heterocycles. The van der Waals surface area contributed by atoms with Crippen molar-refractivity contribution in [1.82, 2.24) is 4.90 Å². The van der Waals surface area contributed by atoms with E-state index < -0.39 is 6.29 Å². The highest BCUT2D eigenvalue weighted by Gasteiger charge is 2.57. The number of rotatable bonds is 0. The van der Waals surface area contributed by atoms with Crippen molar-refractivity contribution in [2.45, 2.75) is 69.8 Å². The molecular formula is C15H25NO2. The Labute approximate surface area is 109 Å². The number of hydrogen-bond acceptors (Lipinski definition) is 3. The highest BCUT2D eigenvalue weighted by molar-refractivity contribution is 5.07. The van der Waals surface area contributed by atoms with Gasteiger partial charge in [0, 0.05) is 23.9 Å². The second kappa shape index (κ2) is 4.19. The first-order valence-corrected chi connectivity index (χ1v) is 7.86. The zero-order chi connectivity index (χ0) is 12.2. The molecule has 4 fully saturated rings. The summed E-state index contributed by atoms with van der Waals surface area (Å²) in [6.45, 7) is 2.55. The number of aliphatic hydroxyl groups is 1. The van der Waals surface area contributed by atoms with E-state index in [1.807, 2.05) is 0 Å². The van der Waals surface area contributed by atoms with Crippen molar-refractivity contribution >= 4 is 0 Å². The van der Waals surface area contributed by atoms with Crippen LogP contribution in [0.25, 0.3) is 0 Å². The zero-order valence-electron chi connectivity index (χ0n) is 11.2. The largest absolute Gasteiger partial charge is 0.368 e. The molecule has 1 saturated carbocycles. The summed E-state index contributed by atoms with van der Waals surface area (Å²) in [5.41, 5.74) is 0.385. The summed E-state index contributed by atoms with van der Waals surface area (Å²) in [6.07, 6.45) is 10.0. The third-order valence-corrected chi connectivity index (χ3v) is 6.07. The normalized spacial score (nSPS) is 52.5. The molecule has 0 aromatic rings. The first kappa shape index (κ1) is 11.7. The van der Waals surface area contributed by atoms with Gasteiger partial charge < -0.3 is 9.84 Å².